The molecule has 2 aromatic carbocycles. The smallest absolute Gasteiger partial charge is 0.258 e. The Hall–Kier alpha value is -2.06. The molecule has 0 atom stereocenters. The zero-order valence-electron chi connectivity index (χ0n) is 12.9. The fraction of sp³-hybridized carbons (Fsp3) is 0.211. The topological polar surface area (TPSA) is 22.0 Å². The minimum absolute atomic E-state index is 0.0424. The SMILES string of the molecule is CC(C)(C)n1cc(-c2ccc(Cl)cc2)c2ccccc2c1=O. The summed E-state index contributed by atoms with van der Waals surface area (Å²) in [5.41, 5.74) is 1.86. The van der Waals surface area contributed by atoms with Crippen molar-refractivity contribution in [3.8, 4) is 11.1 Å². The Morgan fingerprint density at radius 2 is 1.50 bits per heavy atom. The molecule has 3 heteroatoms. The Morgan fingerprint density at radius 1 is 0.909 bits per heavy atom. The first kappa shape index (κ1) is 14.9. The molecule has 0 N–H and O–H groups in total. The van der Waals surface area contributed by atoms with Crippen molar-refractivity contribution in [1.29, 1.82) is 0 Å². The van der Waals surface area contributed by atoms with Crippen LogP contribution in [0.5, 0.6) is 0 Å². The highest BCUT2D eigenvalue weighted by molar-refractivity contribution is 6.30. The van der Waals surface area contributed by atoms with Crippen molar-refractivity contribution < 1.29 is 0 Å². The zero-order chi connectivity index (χ0) is 15.9. The highest BCUT2D eigenvalue weighted by Gasteiger charge is 2.18. The largest absolute Gasteiger partial charge is 0.309 e. The Morgan fingerprint density at radius 3 is 2.09 bits per heavy atom. The van der Waals surface area contributed by atoms with Crippen LogP contribution in [-0.2, 0) is 5.54 Å². The van der Waals surface area contributed by atoms with Gasteiger partial charge < -0.3 is 4.57 Å². The first-order valence-corrected chi connectivity index (χ1v) is 7.66. The molecule has 0 spiro atoms. The molecule has 1 heterocycles. The highest BCUT2D eigenvalue weighted by atomic mass is 35.5. The van der Waals surface area contributed by atoms with E-state index in [0.29, 0.717) is 5.02 Å². The number of halogens is 1. The van der Waals surface area contributed by atoms with Gasteiger partial charge >= 0.3 is 0 Å². The maximum Gasteiger partial charge on any atom is 0.258 e. The van der Waals surface area contributed by atoms with Gasteiger partial charge in [0.05, 0.1) is 0 Å². The Bertz CT molecular complexity index is 886. The molecule has 0 aliphatic carbocycles. The van der Waals surface area contributed by atoms with E-state index in [-0.39, 0.29) is 11.1 Å². The second kappa shape index (κ2) is 5.29. The summed E-state index contributed by atoms with van der Waals surface area (Å²) < 4.78 is 1.80. The van der Waals surface area contributed by atoms with Crippen molar-refractivity contribution in [2.24, 2.45) is 0 Å². The molecular weight excluding hydrogens is 294 g/mol. The monoisotopic (exact) mass is 311 g/mol. The standard InChI is InChI=1S/C19H18ClNO/c1-19(2,3)21-12-17(13-8-10-14(20)11-9-13)15-6-4-5-7-16(15)18(21)22/h4-12H,1-3H3. The van der Waals surface area contributed by atoms with Crippen LogP contribution in [0.15, 0.2) is 59.5 Å². The molecular formula is C19H18ClNO. The molecule has 1 aromatic heterocycles. The second-order valence-corrected chi connectivity index (χ2v) is 6.88. The Labute approximate surface area is 135 Å². The van der Waals surface area contributed by atoms with E-state index >= 15 is 0 Å². The number of aromatic nitrogens is 1. The Balaban J connectivity index is 2.41. The van der Waals surface area contributed by atoms with Gasteiger partial charge in [0.2, 0.25) is 0 Å². The maximum atomic E-state index is 12.8. The predicted octanol–water partition coefficient (Wildman–Crippen LogP) is 5.08. The van der Waals surface area contributed by atoms with Crippen LogP contribution in [0.3, 0.4) is 0 Å². The van der Waals surface area contributed by atoms with Crippen LogP contribution >= 0.6 is 11.6 Å². The lowest BCUT2D eigenvalue weighted by Crippen LogP contribution is -2.33. The lowest BCUT2D eigenvalue weighted by atomic mass is 9.99. The first-order chi connectivity index (χ1) is 10.4. The van der Waals surface area contributed by atoms with E-state index in [0.717, 1.165) is 21.9 Å². The molecule has 3 aromatic rings. The highest BCUT2D eigenvalue weighted by Crippen LogP contribution is 2.29. The summed E-state index contributed by atoms with van der Waals surface area (Å²) in [4.78, 5) is 12.8. The molecule has 0 unspecified atom stereocenters. The van der Waals surface area contributed by atoms with Gasteiger partial charge in [0, 0.05) is 27.7 Å². The van der Waals surface area contributed by atoms with Crippen molar-refractivity contribution in [2.45, 2.75) is 26.3 Å². The molecule has 0 bridgehead atoms. The Kier molecular flexibility index (Phi) is 3.57. The molecule has 2 nitrogen and oxygen atoms in total. The molecule has 112 valence electrons. The molecule has 0 saturated carbocycles. The normalized spacial score (nSPS) is 11.8. The van der Waals surface area contributed by atoms with E-state index in [4.69, 9.17) is 11.6 Å². The van der Waals surface area contributed by atoms with Gasteiger partial charge in [0.1, 0.15) is 0 Å². The number of fused-ring (bicyclic) bond motifs is 1. The molecule has 0 saturated heterocycles. The molecule has 0 amide bonds. The zero-order valence-corrected chi connectivity index (χ0v) is 13.7. The molecule has 0 radical (unpaired) electrons. The van der Waals surface area contributed by atoms with Crippen LogP contribution in [0.1, 0.15) is 20.8 Å². The number of hydrogen-bond donors (Lipinski definition) is 0. The third kappa shape index (κ3) is 2.55. The van der Waals surface area contributed by atoms with Gasteiger partial charge in [-0.25, -0.2) is 0 Å². The average molecular weight is 312 g/mol. The number of pyridine rings is 1. The summed E-state index contributed by atoms with van der Waals surface area (Å²) >= 11 is 5.99. The van der Waals surface area contributed by atoms with Gasteiger partial charge in [-0.3, -0.25) is 4.79 Å². The lowest BCUT2D eigenvalue weighted by Gasteiger charge is -2.24. The lowest BCUT2D eigenvalue weighted by molar-refractivity contribution is 0.387. The van der Waals surface area contributed by atoms with E-state index in [1.165, 1.54) is 0 Å². The predicted molar refractivity (Wildman–Crippen MR) is 93.7 cm³/mol. The maximum absolute atomic E-state index is 12.8. The van der Waals surface area contributed by atoms with Crippen molar-refractivity contribution in [2.75, 3.05) is 0 Å². The third-order valence-electron chi connectivity index (χ3n) is 3.80. The van der Waals surface area contributed by atoms with Crippen molar-refractivity contribution >= 4 is 22.4 Å². The molecule has 3 rings (SSSR count). The van der Waals surface area contributed by atoms with E-state index in [2.05, 4.69) is 0 Å². The number of benzene rings is 2. The van der Waals surface area contributed by atoms with Crippen molar-refractivity contribution in [1.82, 2.24) is 4.57 Å². The minimum atomic E-state index is -0.276. The first-order valence-electron chi connectivity index (χ1n) is 7.29. The minimum Gasteiger partial charge on any atom is -0.309 e. The van der Waals surface area contributed by atoms with E-state index < -0.39 is 0 Å². The van der Waals surface area contributed by atoms with Gasteiger partial charge in [-0.1, -0.05) is 41.9 Å². The summed E-state index contributed by atoms with van der Waals surface area (Å²) in [7, 11) is 0. The van der Waals surface area contributed by atoms with Crippen LogP contribution in [0.25, 0.3) is 21.9 Å². The van der Waals surface area contributed by atoms with Crippen LogP contribution in [0, 0.1) is 0 Å². The summed E-state index contributed by atoms with van der Waals surface area (Å²) in [6.07, 6.45) is 1.95. The van der Waals surface area contributed by atoms with Crippen LogP contribution < -0.4 is 5.56 Å². The van der Waals surface area contributed by atoms with Crippen molar-refractivity contribution in [3.63, 3.8) is 0 Å². The molecule has 0 fully saturated rings. The van der Waals surface area contributed by atoms with Gasteiger partial charge in [-0.2, -0.15) is 0 Å². The van der Waals surface area contributed by atoms with E-state index in [1.54, 1.807) is 4.57 Å². The van der Waals surface area contributed by atoms with Gasteiger partial charge in [-0.05, 0) is 49.9 Å². The second-order valence-electron chi connectivity index (χ2n) is 6.44. The summed E-state index contributed by atoms with van der Waals surface area (Å²) in [5.74, 6) is 0. The van der Waals surface area contributed by atoms with Crippen LogP contribution in [0.4, 0.5) is 0 Å². The molecule has 0 aliphatic rings. The van der Waals surface area contributed by atoms with E-state index in [1.807, 2.05) is 75.5 Å². The third-order valence-corrected chi connectivity index (χ3v) is 4.05. The van der Waals surface area contributed by atoms with Gasteiger partial charge in [0.25, 0.3) is 5.56 Å². The number of nitrogens with zero attached hydrogens (tertiary/aromatic N) is 1. The summed E-state index contributed by atoms with van der Waals surface area (Å²) in [6.45, 7) is 6.11. The number of rotatable bonds is 1. The van der Waals surface area contributed by atoms with Crippen LogP contribution in [0.2, 0.25) is 5.02 Å². The molecule has 22 heavy (non-hydrogen) atoms. The van der Waals surface area contributed by atoms with Gasteiger partial charge in [-0.15, -0.1) is 0 Å². The van der Waals surface area contributed by atoms with Gasteiger partial charge in [0.15, 0.2) is 0 Å². The molecule has 0 aliphatic heterocycles. The van der Waals surface area contributed by atoms with E-state index in [9.17, 15) is 4.79 Å². The number of hydrogen-bond acceptors (Lipinski definition) is 1. The van der Waals surface area contributed by atoms with Crippen LogP contribution in [-0.4, -0.2) is 4.57 Å². The summed E-state index contributed by atoms with van der Waals surface area (Å²) in [5, 5.41) is 2.41. The quantitative estimate of drug-likeness (QED) is 0.614. The van der Waals surface area contributed by atoms with Crippen molar-refractivity contribution in [3.05, 3.63) is 70.1 Å². The fourth-order valence-electron chi connectivity index (χ4n) is 2.65. The summed E-state index contributed by atoms with van der Waals surface area (Å²) in [6, 6.07) is 15.5. The fourth-order valence-corrected chi connectivity index (χ4v) is 2.78. The average Bonchev–Trinajstić information content (AvgIpc) is 2.48.